The highest BCUT2D eigenvalue weighted by Gasteiger charge is 2.43. The molecule has 248 valence electrons. The molecule has 2 aromatic carbocycles. The SMILES string of the molecule is COc1ccccc1N1CCN(CCCCCCOC(=O)C2=C(C)N=C(C)C(C(=O)OC(Cl)Cl)C2c2cccc([N+](=O)[O-])c2)CC1. The summed E-state index contributed by atoms with van der Waals surface area (Å²) >= 11 is 11.4. The number of hydrogen-bond donors (Lipinski definition) is 0. The summed E-state index contributed by atoms with van der Waals surface area (Å²) in [6.45, 7) is 8.35. The van der Waals surface area contributed by atoms with Crippen LogP contribution in [0.15, 0.2) is 64.8 Å². The number of nitrogens with zero attached hydrogens (tertiary/aromatic N) is 4. The monoisotopic (exact) mass is 674 g/mol. The van der Waals surface area contributed by atoms with Crippen molar-refractivity contribution in [1.29, 1.82) is 0 Å². The Balaban J connectivity index is 1.29. The van der Waals surface area contributed by atoms with E-state index in [1.54, 1.807) is 27.0 Å². The average Bonchev–Trinajstić information content (AvgIpc) is 3.03. The third-order valence-corrected chi connectivity index (χ3v) is 8.53. The van der Waals surface area contributed by atoms with Crippen molar-refractivity contribution in [2.24, 2.45) is 10.9 Å². The zero-order valence-corrected chi connectivity index (χ0v) is 27.8. The van der Waals surface area contributed by atoms with E-state index in [-0.39, 0.29) is 17.9 Å². The number of esters is 2. The standard InChI is InChI=1S/C33H40Cl2N4O7/c1-22-28(30(24-11-10-12-25(21-24)39(42)43)29(23(2)36-22)32(41)46-33(34)35)31(40)45-20-9-5-4-8-15-37-16-18-38(19-17-37)26-13-6-7-14-27(26)44-3/h6-7,10-14,21,29-30,33H,4-5,8-9,15-20H2,1-3H3. The van der Waals surface area contributed by atoms with Crippen molar-refractivity contribution >= 4 is 52.2 Å². The van der Waals surface area contributed by atoms with Crippen LogP contribution in [0.4, 0.5) is 11.4 Å². The molecule has 0 aliphatic carbocycles. The van der Waals surface area contributed by atoms with Gasteiger partial charge in [-0.1, -0.05) is 60.3 Å². The summed E-state index contributed by atoms with van der Waals surface area (Å²) in [6.07, 6.45) is 3.61. The first-order chi connectivity index (χ1) is 22.1. The number of non-ortho nitro benzene ring substituents is 1. The normalized spacial score (nSPS) is 18.7. The lowest BCUT2D eigenvalue weighted by molar-refractivity contribution is -0.384. The molecule has 1 fully saturated rings. The first kappa shape index (κ1) is 35.2. The minimum absolute atomic E-state index is 0.140. The lowest BCUT2D eigenvalue weighted by atomic mass is 9.75. The maximum Gasteiger partial charge on any atom is 0.336 e. The lowest BCUT2D eigenvalue weighted by Gasteiger charge is -2.36. The number of methoxy groups -OCH3 is 1. The summed E-state index contributed by atoms with van der Waals surface area (Å²) in [6, 6.07) is 13.9. The maximum absolute atomic E-state index is 13.5. The molecule has 1 saturated heterocycles. The van der Waals surface area contributed by atoms with E-state index >= 15 is 0 Å². The van der Waals surface area contributed by atoms with Gasteiger partial charge in [0.25, 0.3) is 10.7 Å². The summed E-state index contributed by atoms with van der Waals surface area (Å²) in [5.41, 5.74) is 2.20. The van der Waals surface area contributed by atoms with Gasteiger partial charge >= 0.3 is 11.9 Å². The van der Waals surface area contributed by atoms with E-state index < -0.39 is 33.7 Å². The second kappa shape index (κ2) is 16.8. The Morgan fingerprint density at radius 3 is 2.43 bits per heavy atom. The Labute approximate surface area is 279 Å². The van der Waals surface area contributed by atoms with Crippen LogP contribution < -0.4 is 9.64 Å². The smallest absolute Gasteiger partial charge is 0.336 e. The number of anilines is 1. The van der Waals surface area contributed by atoms with Crippen molar-refractivity contribution in [2.45, 2.75) is 50.5 Å². The maximum atomic E-state index is 13.5. The number of rotatable bonds is 14. The highest BCUT2D eigenvalue weighted by Crippen LogP contribution is 2.41. The van der Waals surface area contributed by atoms with Crippen LogP contribution in [-0.4, -0.2) is 78.9 Å². The van der Waals surface area contributed by atoms with Gasteiger partial charge < -0.3 is 19.1 Å². The minimum Gasteiger partial charge on any atom is -0.495 e. The molecular formula is C33H40Cl2N4O7. The number of halogens is 2. The molecule has 2 aliphatic heterocycles. The van der Waals surface area contributed by atoms with E-state index in [9.17, 15) is 19.7 Å². The summed E-state index contributed by atoms with van der Waals surface area (Å²) < 4.78 is 16.2. The summed E-state index contributed by atoms with van der Waals surface area (Å²) in [4.78, 5) is 46.8. The quantitative estimate of drug-likeness (QED) is 0.0748. The van der Waals surface area contributed by atoms with Crippen molar-refractivity contribution in [2.75, 3.05) is 51.3 Å². The number of nitro benzene ring substituents is 1. The van der Waals surface area contributed by atoms with E-state index in [1.807, 2.05) is 18.2 Å². The second-order valence-corrected chi connectivity index (χ2v) is 12.3. The molecule has 4 rings (SSSR count). The molecule has 0 bridgehead atoms. The van der Waals surface area contributed by atoms with Crippen molar-refractivity contribution < 1.29 is 28.7 Å². The van der Waals surface area contributed by atoms with E-state index in [1.165, 1.54) is 18.2 Å². The fourth-order valence-electron chi connectivity index (χ4n) is 6.10. The molecule has 2 aromatic rings. The van der Waals surface area contributed by atoms with Crippen LogP contribution in [0, 0.1) is 16.0 Å². The van der Waals surface area contributed by atoms with Gasteiger partial charge in [0.05, 0.1) is 29.9 Å². The number of hydrogen-bond acceptors (Lipinski definition) is 10. The highest BCUT2D eigenvalue weighted by atomic mass is 35.5. The van der Waals surface area contributed by atoms with E-state index in [2.05, 4.69) is 20.9 Å². The van der Waals surface area contributed by atoms with E-state index in [0.717, 1.165) is 63.4 Å². The predicted molar refractivity (Wildman–Crippen MR) is 178 cm³/mol. The fraction of sp³-hybridized carbons (Fsp3) is 0.485. The number of para-hydroxylation sites is 2. The van der Waals surface area contributed by atoms with Crippen LogP contribution in [0.2, 0.25) is 0 Å². The van der Waals surface area contributed by atoms with Crippen molar-refractivity contribution in [3.63, 3.8) is 0 Å². The zero-order valence-electron chi connectivity index (χ0n) is 26.3. The van der Waals surface area contributed by atoms with Crippen LogP contribution in [0.25, 0.3) is 0 Å². The molecular weight excluding hydrogens is 635 g/mol. The molecule has 11 nitrogen and oxygen atoms in total. The zero-order chi connectivity index (χ0) is 33.2. The lowest BCUT2D eigenvalue weighted by Crippen LogP contribution is -2.46. The largest absolute Gasteiger partial charge is 0.495 e. The van der Waals surface area contributed by atoms with Gasteiger partial charge in [-0.05, 0) is 50.9 Å². The number of nitro groups is 1. The summed E-state index contributed by atoms with van der Waals surface area (Å²) in [5.74, 6) is -2.55. The second-order valence-electron chi connectivity index (χ2n) is 11.3. The summed E-state index contributed by atoms with van der Waals surface area (Å²) in [5, 5.41) is 10.1. The Hall–Kier alpha value is -3.67. The molecule has 0 amide bonds. The van der Waals surface area contributed by atoms with Gasteiger partial charge in [-0.15, -0.1) is 0 Å². The van der Waals surface area contributed by atoms with Gasteiger partial charge in [0.15, 0.2) is 0 Å². The Morgan fingerprint density at radius 2 is 1.74 bits per heavy atom. The number of carbonyl (C=O) groups is 2. The van der Waals surface area contributed by atoms with Crippen LogP contribution in [0.1, 0.15) is 51.0 Å². The number of carbonyl (C=O) groups excluding carboxylic acids is 2. The molecule has 0 spiro atoms. The molecule has 2 unspecified atom stereocenters. The number of unbranched alkanes of at least 4 members (excludes halogenated alkanes) is 3. The van der Waals surface area contributed by atoms with Gasteiger partial charge in [0, 0.05) is 55.6 Å². The molecule has 13 heteroatoms. The number of aliphatic imine (C=N–C) groups is 1. The molecule has 2 aliphatic rings. The number of alkyl halides is 2. The van der Waals surface area contributed by atoms with E-state index in [4.69, 9.17) is 37.4 Å². The molecule has 0 radical (unpaired) electrons. The first-order valence-corrected chi connectivity index (χ1v) is 16.2. The van der Waals surface area contributed by atoms with Gasteiger partial charge in [-0.25, -0.2) is 4.79 Å². The number of allylic oxidation sites excluding steroid dienone is 1. The Morgan fingerprint density at radius 1 is 1.02 bits per heavy atom. The van der Waals surface area contributed by atoms with Crippen LogP contribution >= 0.6 is 23.2 Å². The van der Waals surface area contributed by atoms with E-state index in [0.29, 0.717) is 23.4 Å². The number of ether oxygens (including phenoxy) is 3. The number of benzene rings is 2. The van der Waals surface area contributed by atoms with Crippen molar-refractivity contribution in [3.8, 4) is 5.75 Å². The van der Waals surface area contributed by atoms with Gasteiger partial charge in [-0.3, -0.25) is 24.8 Å². The Bertz CT molecular complexity index is 1460. The minimum atomic E-state index is -1.43. The molecule has 0 N–H and O–H groups in total. The summed E-state index contributed by atoms with van der Waals surface area (Å²) in [7, 11) is 1.70. The van der Waals surface area contributed by atoms with Crippen LogP contribution in [0.3, 0.4) is 0 Å². The molecule has 46 heavy (non-hydrogen) atoms. The molecule has 2 heterocycles. The number of piperazine rings is 1. The molecule has 0 aromatic heterocycles. The average molecular weight is 676 g/mol. The van der Waals surface area contributed by atoms with Crippen LogP contribution in [0.5, 0.6) is 5.75 Å². The van der Waals surface area contributed by atoms with Gasteiger partial charge in [0.1, 0.15) is 11.7 Å². The van der Waals surface area contributed by atoms with Crippen molar-refractivity contribution in [1.82, 2.24) is 4.90 Å². The predicted octanol–water partition coefficient (Wildman–Crippen LogP) is 6.28. The third kappa shape index (κ3) is 8.98. The fourth-order valence-corrected chi connectivity index (χ4v) is 6.27. The highest BCUT2D eigenvalue weighted by molar-refractivity contribution is 6.43. The Kier molecular flexibility index (Phi) is 12.8. The van der Waals surface area contributed by atoms with Crippen LogP contribution in [-0.2, 0) is 19.1 Å². The topological polar surface area (TPSA) is 124 Å². The third-order valence-electron chi connectivity index (χ3n) is 8.35. The van der Waals surface area contributed by atoms with Crippen molar-refractivity contribution in [3.05, 3.63) is 75.5 Å². The molecule has 0 saturated carbocycles. The van der Waals surface area contributed by atoms with Gasteiger partial charge in [-0.2, -0.15) is 0 Å². The first-order valence-electron chi connectivity index (χ1n) is 15.4. The van der Waals surface area contributed by atoms with Gasteiger partial charge in [0.2, 0.25) is 0 Å². The molecule has 2 atom stereocenters.